The van der Waals surface area contributed by atoms with Crippen molar-refractivity contribution in [1.82, 2.24) is 0 Å². The number of unbranched alkanes of at least 4 members (excludes halogenated alkanes) is 1. The highest BCUT2D eigenvalue weighted by Crippen LogP contribution is 2.17. The van der Waals surface area contributed by atoms with Gasteiger partial charge in [0.1, 0.15) is 5.82 Å². The van der Waals surface area contributed by atoms with Gasteiger partial charge in [0, 0.05) is 11.8 Å². The molecule has 0 atom stereocenters. The minimum Gasteiger partial charge on any atom is -0.465 e. The second-order valence-electron chi connectivity index (χ2n) is 3.88. The van der Waals surface area contributed by atoms with E-state index in [-0.39, 0.29) is 17.2 Å². The molecule has 0 aliphatic rings. The third-order valence-corrected chi connectivity index (χ3v) is 3.01. The molecule has 0 bridgehead atoms. The van der Waals surface area contributed by atoms with Crippen LogP contribution >= 0.6 is 15.9 Å². The van der Waals surface area contributed by atoms with Crippen LogP contribution in [0.3, 0.4) is 0 Å². The van der Waals surface area contributed by atoms with Gasteiger partial charge in [0.05, 0.1) is 18.4 Å². The van der Waals surface area contributed by atoms with Gasteiger partial charge in [0.15, 0.2) is 0 Å². The Balaban J connectivity index is 2.71. The molecule has 1 aromatic rings. The third kappa shape index (κ3) is 4.98. The molecule has 19 heavy (non-hydrogen) atoms. The van der Waals surface area contributed by atoms with E-state index in [2.05, 4.69) is 26.0 Å². The SMILES string of the molecule is COC(=O)c1ccc(F)c(NC(=O)CCCCBr)c1. The number of carbonyl (C=O) groups excluding carboxylic acids is 2. The molecular formula is C13H15BrFNO3. The summed E-state index contributed by atoms with van der Waals surface area (Å²) in [6.07, 6.45) is 1.90. The number of ether oxygens (including phenoxy) is 1. The fourth-order valence-electron chi connectivity index (χ4n) is 1.46. The summed E-state index contributed by atoms with van der Waals surface area (Å²) in [7, 11) is 1.24. The van der Waals surface area contributed by atoms with Crippen LogP contribution in [0.5, 0.6) is 0 Å². The molecular weight excluding hydrogens is 317 g/mol. The van der Waals surface area contributed by atoms with Crippen LogP contribution in [0.2, 0.25) is 0 Å². The van der Waals surface area contributed by atoms with E-state index in [1.165, 1.54) is 19.2 Å². The fraction of sp³-hybridized carbons (Fsp3) is 0.385. The second-order valence-corrected chi connectivity index (χ2v) is 4.67. The Morgan fingerprint density at radius 3 is 2.74 bits per heavy atom. The largest absolute Gasteiger partial charge is 0.465 e. The van der Waals surface area contributed by atoms with Crippen molar-refractivity contribution in [2.75, 3.05) is 17.8 Å². The first-order valence-corrected chi connectivity index (χ1v) is 6.94. The van der Waals surface area contributed by atoms with Crippen molar-refractivity contribution in [2.24, 2.45) is 0 Å². The molecule has 1 aromatic carbocycles. The summed E-state index contributed by atoms with van der Waals surface area (Å²) in [6.45, 7) is 0. The maximum absolute atomic E-state index is 13.5. The molecule has 1 amide bonds. The number of hydrogen-bond donors (Lipinski definition) is 1. The van der Waals surface area contributed by atoms with Gasteiger partial charge in [-0.1, -0.05) is 15.9 Å². The summed E-state index contributed by atoms with van der Waals surface area (Å²) in [5.41, 5.74) is 0.186. The molecule has 6 heteroatoms. The number of rotatable bonds is 6. The van der Waals surface area contributed by atoms with Crippen LogP contribution in [0.4, 0.5) is 10.1 Å². The number of halogens is 2. The van der Waals surface area contributed by atoms with E-state index in [1.807, 2.05) is 0 Å². The highest BCUT2D eigenvalue weighted by molar-refractivity contribution is 9.09. The number of carbonyl (C=O) groups is 2. The Kier molecular flexibility index (Phi) is 6.49. The maximum Gasteiger partial charge on any atom is 0.337 e. The lowest BCUT2D eigenvalue weighted by Crippen LogP contribution is -2.13. The van der Waals surface area contributed by atoms with Crippen LogP contribution in [0.1, 0.15) is 29.6 Å². The summed E-state index contributed by atoms with van der Waals surface area (Å²) in [6, 6.07) is 3.70. The van der Waals surface area contributed by atoms with E-state index in [9.17, 15) is 14.0 Å². The summed E-state index contributed by atoms with van der Waals surface area (Å²) in [4.78, 5) is 22.9. The summed E-state index contributed by atoms with van der Waals surface area (Å²) in [5, 5.41) is 3.28. The van der Waals surface area contributed by atoms with E-state index >= 15 is 0 Å². The molecule has 0 spiro atoms. The monoisotopic (exact) mass is 331 g/mol. The van der Waals surface area contributed by atoms with Crippen LogP contribution in [0, 0.1) is 5.82 Å². The lowest BCUT2D eigenvalue weighted by Gasteiger charge is -2.08. The number of hydrogen-bond acceptors (Lipinski definition) is 3. The number of methoxy groups -OCH3 is 1. The highest BCUT2D eigenvalue weighted by atomic mass is 79.9. The van der Waals surface area contributed by atoms with Crippen molar-refractivity contribution in [3.8, 4) is 0 Å². The first kappa shape index (κ1) is 15.6. The molecule has 0 aromatic heterocycles. The van der Waals surface area contributed by atoms with E-state index in [4.69, 9.17) is 0 Å². The number of anilines is 1. The third-order valence-electron chi connectivity index (χ3n) is 2.45. The zero-order valence-electron chi connectivity index (χ0n) is 10.5. The smallest absolute Gasteiger partial charge is 0.337 e. The lowest BCUT2D eigenvalue weighted by atomic mass is 10.2. The van der Waals surface area contributed by atoms with Crippen LogP contribution in [-0.2, 0) is 9.53 Å². The average molecular weight is 332 g/mol. The zero-order valence-corrected chi connectivity index (χ0v) is 12.1. The molecule has 0 aliphatic heterocycles. The van der Waals surface area contributed by atoms with Crippen molar-refractivity contribution in [3.63, 3.8) is 0 Å². The topological polar surface area (TPSA) is 55.4 Å². The number of amides is 1. The normalized spacial score (nSPS) is 10.1. The van der Waals surface area contributed by atoms with Gasteiger partial charge in [0.2, 0.25) is 5.91 Å². The van der Waals surface area contributed by atoms with Crippen LogP contribution < -0.4 is 5.32 Å². The number of nitrogens with one attached hydrogen (secondary N) is 1. The molecule has 0 unspecified atom stereocenters. The van der Waals surface area contributed by atoms with Crippen molar-refractivity contribution in [3.05, 3.63) is 29.6 Å². The van der Waals surface area contributed by atoms with Crippen molar-refractivity contribution in [2.45, 2.75) is 19.3 Å². The zero-order chi connectivity index (χ0) is 14.3. The molecule has 1 N–H and O–H groups in total. The average Bonchev–Trinajstić information content (AvgIpc) is 2.40. The summed E-state index contributed by atoms with van der Waals surface area (Å²) in [5.74, 6) is -1.43. The van der Waals surface area contributed by atoms with Gasteiger partial charge < -0.3 is 10.1 Å². The van der Waals surface area contributed by atoms with Gasteiger partial charge in [-0.3, -0.25) is 4.79 Å². The number of benzene rings is 1. The van der Waals surface area contributed by atoms with Crippen LogP contribution in [0.25, 0.3) is 0 Å². The first-order valence-electron chi connectivity index (χ1n) is 5.82. The van der Waals surface area contributed by atoms with Gasteiger partial charge in [0.25, 0.3) is 0 Å². The van der Waals surface area contributed by atoms with Crippen molar-refractivity contribution < 1.29 is 18.7 Å². The molecule has 0 saturated carbocycles. The van der Waals surface area contributed by atoms with Crippen LogP contribution in [0.15, 0.2) is 18.2 Å². The highest BCUT2D eigenvalue weighted by Gasteiger charge is 2.11. The first-order chi connectivity index (χ1) is 9.08. The predicted octanol–water partition coefficient (Wildman–Crippen LogP) is 3.12. The fourth-order valence-corrected chi connectivity index (χ4v) is 1.86. The van der Waals surface area contributed by atoms with E-state index in [1.54, 1.807) is 0 Å². The van der Waals surface area contributed by atoms with E-state index < -0.39 is 11.8 Å². The summed E-state index contributed by atoms with van der Waals surface area (Å²) >= 11 is 3.27. The Morgan fingerprint density at radius 2 is 2.11 bits per heavy atom. The predicted molar refractivity (Wildman–Crippen MR) is 74.0 cm³/mol. The quantitative estimate of drug-likeness (QED) is 0.495. The number of alkyl halides is 1. The molecule has 4 nitrogen and oxygen atoms in total. The van der Waals surface area contributed by atoms with Gasteiger partial charge >= 0.3 is 5.97 Å². The van der Waals surface area contributed by atoms with E-state index in [0.29, 0.717) is 6.42 Å². The minimum atomic E-state index is -0.582. The molecule has 0 aliphatic carbocycles. The Bertz CT molecular complexity index is 465. The van der Waals surface area contributed by atoms with Gasteiger partial charge in [-0.05, 0) is 31.0 Å². The molecule has 0 radical (unpaired) electrons. The van der Waals surface area contributed by atoms with Gasteiger partial charge in [-0.15, -0.1) is 0 Å². The Morgan fingerprint density at radius 1 is 1.37 bits per heavy atom. The Hall–Kier alpha value is -1.43. The maximum atomic E-state index is 13.5. The summed E-state index contributed by atoms with van der Waals surface area (Å²) < 4.78 is 18.0. The van der Waals surface area contributed by atoms with Crippen molar-refractivity contribution in [1.29, 1.82) is 0 Å². The minimum absolute atomic E-state index is 0.00765. The second kappa shape index (κ2) is 7.89. The molecule has 0 heterocycles. The Labute approximate surface area is 119 Å². The molecule has 1 rings (SSSR count). The van der Waals surface area contributed by atoms with Crippen molar-refractivity contribution >= 4 is 33.5 Å². The molecule has 0 fully saturated rings. The standard InChI is InChI=1S/C13H15BrFNO3/c1-19-13(18)9-5-6-10(15)11(8-9)16-12(17)4-2-3-7-14/h5-6,8H,2-4,7H2,1H3,(H,16,17). The number of esters is 1. The lowest BCUT2D eigenvalue weighted by molar-refractivity contribution is -0.116. The van der Waals surface area contributed by atoms with E-state index in [0.717, 1.165) is 24.2 Å². The van der Waals surface area contributed by atoms with Crippen LogP contribution in [-0.4, -0.2) is 24.3 Å². The van der Waals surface area contributed by atoms with Gasteiger partial charge in [-0.25, -0.2) is 9.18 Å². The molecule has 0 saturated heterocycles. The van der Waals surface area contributed by atoms with Gasteiger partial charge in [-0.2, -0.15) is 0 Å². The molecule has 104 valence electrons.